The van der Waals surface area contributed by atoms with Gasteiger partial charge in [0.2, 0.25) is 5.91 Å². The first-order chi connectivity index (χ1) is 11.2. The van der Waals surface area contributed by atoms with Crippen molar-refractivity contribution in [2.75, 3.05) is 11.1 Å². The highest BCUT2D eigenvalue weighted by Crippen LogP contribution is 2.45. The Balaban J connectivity index is 1.39. The lowest BCUT2D eigenvalue weighted by molar-refractivity contribution is -0.113. The van der Waals surface area contributed by atoms with E-state index in [1.165, 1.54) is 43.6 Å². The van der Waals surface area contributed by atoms with Gasteiger partial charge >= 0.3 is 0 Å². The average molecular weight is 350 g/mol. The van der Waals surface area contributed by atoms with E-state index in [-0.39, 0.29) is 5.91 Å². The monoisotopic (exact) mass is 349 g/mol. The van der Waals surface area contributed by atoms with E-state index < -0.39 is 0 Å². The van der Waals surface area contributed by atoms with Gasteiger partial charge in [-0.25, -0.2) is 4.98 Å². The van der Waals surface area contributed by atoms with Crippen molar-refractivity contribution in [2.45, 2.75) is 42.8 Å². The Morgan fingerprint density at radius 2 is 2.13 bits per heavy atom. The highest BCUT2D eigenvalue weighted by Gasteiger charge is 2.36. The number of rotatable bonds is 6. The molecular formula is C15H16ClN5OS. The minimum atomic E-state index is -0.108. The third kappa shape index (κ3) is 3.50. The number of carbonyl (C=O) groups excluding carboxylic acids is 1. The van der Waals surface area contributed by atoms with E-state index in [0.29, 0.717) is 28.6 Å². The van der Waals surface area contributed by atoms with Crippen LogP contribution >= 0.6 is 23.4 Å². The van der Waals surface area contributed by atoms with Gasteiger partial charge in [-0.2, -0.15) is 0 Å². The Morgan fingerprint density at radius 3 is 2.78 bits per heavy atom. The highest BCUT2D eigenvalue weighted by molar-refractivity contribution is 7.99. The molecule has 0 aliphatic heterocycles. The van der Waals surface area contributed by atoms with Crippen LogP contribution in [0.15, 0.2) is 23.5 Å². The summed E-state index contributed by atoms with van der Waals surface area (Å²) in [6.45, 7) is 0. The number of nitrogens with zero attached hydrogens (tertiary/aromatic N) is 4. The highest BCUT2D eigenvalue weighted by atomic mass is 35.5. The zero-order chi connectivity index (χ0) is 15.8. The van der Waals surface area contributed by atoms with E-state index in [2.05, 4.69) is 25.1 Å². The van der Waals surface area contributed by atoms with Crippen molar-refractivity contribution in [3.05, 3.63) is 29.2 Å². The molecule has 23 heavy (non-hydrogen) atoms. The third-order valence-corrected chi connectivity index (χ3v) is 5.04. The van der Waals surface area contributed by atoms with Crippen LogP contribution in [0.3, 0.4) is 0 Å². The van der Waals surface area contributed by atoms with Crippen LogP contribution in [0.5, 0.6) is 0 Å². The molecule has 1 amide bonds. The van der Waals surface area contributed by atoms with Gasteiger partial charge in [0.15, 0.2) is 5.16 Å². The zero-order valence-corrected chi connectivity index (χ0v) is 14.0. The molecule has 1 N–H and O–H groups in total. The lowest BCUT2D eigenvalue weighted by Gasteiger charge is -2.08. The van der Waals surface area contributed by atoms with Crippen LogP contribution in [0.25, 0.3) is 0 Å². The standard InChI is InChI=1S/C15H16ClN5OS/c16-10-3-6-12(17-7-10)18-13(22)8-23-15-20-19-14(9-1-2-9)21(15)11-4-5-11/h3,6-7,9,11H,1-2,4-5,8H2,(H,17,18,22). The van der Waals surface area contributed by atoms with Gasteiger partial charge in [0.1, 0.15) is 11.6 Å². The molecular weight excluding hydrogens is 334 g/mol. The second kappa shape index (κ2) is 6.13. The molecule has 2 saturated carbocycles. The smallest absolute Gasteiger partial charge is 0.236 e. The number of amides is 1. The molecule has 2 aliphatic rings. The van der Waals surface area contributed by atoms with Gasteiger partial charge in [0.05, 0.1) is 10.8 Å². The fourth-order valence-electron chi connectivity index (χ4n) is 2.44. The molecule has 0 atom stereocenters. The number of halogens is 1. The molecule has 120 valence electrons. The van der Waals surface area contributed by atoms with Gasteiger partial charge in [-0.3, -0.25) is 4.79 Å². The molecule has 2 aromatic heterocycles. The molecule has 0 saturated heterocycles. The molecule has 2 aliphatic carbocycles. The molecule has 0 aromatic carbocycles. The first-order valence-electron chi connectivity index (χ1n) is 7.69. The molecule has 6 nitrogen and oxygen atoms in total. The topological polar surface area (TPSA) is 72.7 Å². The molecule has 8 heteroatoms. The summed E-state index contributed by atoms with van der Waals surface area (Å²) < 4.78 is 2.25. The number of hydrogen-bond donors (Lipinski definition) is 1. The molecule has 2 heterocycles. The SMILES string of the molecule is O=C(CSc1nnc(C2CC2)n1C1CC1)Nc1ccc(Cl)cn1. The van der Waals surface area contributed by atoms with Crippen LogP contribution < -0.4 is 5.32 Å². The lowest BCUT2D eigenvalue weighted by atomic mass is 10.4. The second-order valence-corrected chi connectivity index (χ2v) is 7.29. The van der Waals surface area contributed by atoms with E-state index in [4.69, 9.17) is 11.6 Å². The van der Waals surface area contributed by atoms with Gasteiger partial charge in [-0.05, 0) is 37.8 Å². The quantitative estimate of drug-likeness (QED) is 0.810. The summed E-state index contributed by atoms with van der Waals surface area (Å²) in [5.74, 6) is 2.37. The molecule has 0 spiro atoms. The maximum absolute atomic E-state index is 12.1. The average Bonchev–Trinajstić information content (AvgIpc) is 3.46. The predicted molar refractivity (Wildman–Crippen MR) is 88.9 cm³/mol. The molecule has 2 fully saturated rings. The largest absolute Gasteiger partial charge is 0.310 e. The summed E-state index contributed by atoms with van der Waals surface area (Å²) in [6.07, 6.45) is 6.30. The molecule has 2 aromatic rings. The van der Waals surface area contributed by atoms with Crippen molar-refractivity contribution in [3.8, 4) is 0 Å². The van der Waals surface area contributed by atoms with Crippen molar-refractivity contribution >= 4 is 35.1 Å². The van der Waals surface area contributed by atoms with Crippen LogP contribution in [-0.2, 0) is 4.79 Å². The molecule has 0 radical (unpaired) electrons. The fourth-order valence-corrected chi connectivity index (χ4v) is 3.37. The predicted octanol–water partition coefficient (Wildman–Crippen LogP) is 3.27. The number of carbonyl (C=O) groups is 1. The van der Waals surface area contributed by atoms with Gasteiger partial charge in [0, 0.05) is 18.2 Å². The van der Waals surface area contributed by atoms with Crippen LogP contribution in [0.4, 0.5) is 5.82 Å². The normalized spacial score (nSPS) is 17.3. The Bertz CT molecular complexity index is 724. The van der Waals surface area contributed by atoms with Crippen LogP contribution in [-0.4, -0.2) is 31.4 Å². The van der Waals surface area contributed by atoms with Gasteiger partial charge in [0.25, 0.3) is 0 Å². The Labute approximate surface area is 143 Å². The lowest BCUT2D eigenvalue weighted by Crippen LogP contribution is -2.15. The van der Waals surface area contributed by atoms with Gasteiger partial charge in [-0.15, -0.1) is 10.2 Å². The van der Waals surface area contributed by atoms with Gasteiger partial charge in [-0.1, -0.05) is 23.4 Å². The molecule has 0 bridgehead atoms. The fraction of sp³-hybridized carbons (Fsp3) is 0.467. The van der Waals surface area contributed by atoms with Crippen molar-refractivity contribution in [1.82, 2.24) is 19.7 Å². The van der Waals surface area contributed by atoms with Crippen molar-refractivity contribution in [2.24, 2.45) is 0 Å². The maximum Gasteiger partial charge on any atom is 0.236 e. The number of hydrogen-bond acceptors (Lipinski definition) is 5. The summed E-state index contributed by atoms with van der Waals surface area (Å²) in [6, 6.07) is 3.91. The summed E-state index contributed by atoms with van der Waals surface area (Å²) in [5, 5.41) is 12.8. The van der Waals surface area contributed by atoms with Crippen molar-refractivity contribution < 1.29 is 4.79 Å². The van der Waals surface area contributed by atoms with Gasteiger partial charge < -0.3 is 9.88 Å². The van der Waals surface area contributed by atoms with Crippen LogP contribution in [0, 0.1) is 0 Å². The number of aromatic nitrogens is 4. The third-order valence-electron chi connectivity index (χ3n) is 3.87. The number of pyridine rings is 1. The minimum Gasteiger partial charge on any atom is -0.310 e. The first kappa shape index (κ1) is 15.0. The Kier molecular flexibility index (Phi) is 3.98. The molecule has 4 rings (SSSR count). The first-order valence-corrected chi connectivity index (χ1v) is 9.06. The summed E-state index contributed by atoms with van der Waals surface area (Å²) in [4.78, 5) is 16.1. The minimum absolute atomic E-state index is 0.108. The number of anilines is 1. The summed E-state index contributed by atoms with van der Waals surface area (Å²) in [7, 11) is 0. The number of thioether (sulfide) groups is 1. The summed E-state index contributed by atoms with van der Waals surface area (Å²) in [5.41, 5.74) is 0. The van der Waals surface area contributed by atoms with E-state index in [9.17, 15) is 4.79 Å². The summed E-state index contributed by atoms with van der Waals surface area (Å²) >= 11 is 7.21. The van der Waals surface area contributed by atoms with Crippen molar-refractivity contribution in [3.63, 3.8) is 0 Å². The Morgan fingerprint density at radius 1 is 1.30 bits per heavy atom. The van der Waals surface area contributed by atoms with Crippen LogP contribution in [0.1, 0.15) is 43.5 Å². The number of nitrogens with one attached hydrogen (secondary N) is 1. The van der Waals surface area contributed by atoms with E-state index in [1.54, 1.807) is 12.1 Å². The van der Waals surface area contributed by atoms with E-state index >= 15 is 0 Å². The Hall–Kier alpha value is -1.60. The zero-order valence-electron chi connectivity index (χ0n) is 12.4. The van der Waals surface area contributed by atoms with E-state index in [0.717, 1.165) is 11.0 Å². The van der Waals surface area contributed by atoms with E-state index in [1.807, 2.05) is 0 Å². The molecule has 0 unspecified atom stereocenters. The van der Waals surface area contributed by atoms with Crippen LogP contribution in [0.2, 0.25) is 5.02 Å². The maximum atomic E-state index is 12.1. The second-order valence-electron chi connectivity index (χ2n) is 5.91. The van der Waals surface area contributed by atoms with Crippen molar-refractivity contribution in [1.29, 1.82) is 0 Å².